The summed E-state index contributed by atoms with van der Waals surface area (Å²) in [7, 11) is 0. The van der Waals surface area contributed by atoms with Gasteiger partial charge in [0, 0.05) is 37.0 Å². The van der Waals surface area contributed by atoms with Crippen LogP contribution >= 0.6 is 0 Å². The lowest BCUT2D eigenvalue weighted by molar-refractivity contribution is -0.139. The first-order valence-corrected chi connectivity index (χ1v) is 9.45. The van der Waals surface area contributed by atoms with Gasteiger partial charge in [0.1, 0.15) is 5.82 Å². The van der Waals surface area contributed by atoms with Crippen molar-refractivity contribution in [3.63, 3.8) is 0 Å². The summed E-state index contributed by atoms with van der Waals surface area (Å²) in [6.45, 7) is 2.00. The molecule has 2 amide bonds. The van der Waals surface area contributed by atoms with Gasteiger partial charge in [-0.15, -0.1) is 0 Å². The Morgan fingerprint density at radius 3 is 2.32 bits per heavy atom. The molecule has 1 aliphatic carbocycles. The number of halogens is 1. The van der Waals surface area contributed by atoms with E-state index in [1.807, 2.05) is 4.90 Å². The molecule has 0 atom stereocenters. The molecular formula is C20H27FN2O2. The SMILES string of the molecule is O=C(NCc1ccccc1F)C1CCC(C(=O)N2CCCCC2)CC1. The molecule has 3 rings (SSSR count). The number of hydrogen-bond acceptors (Lipinski definition) is 2. The summed E-state index contributed by atoms with van der Waals surface area (Å²) >= 11 is 0. The zero-order valence-corrected chi connectivity index (χ0v) is 14.7. The van der Waals surface area contributed by atoms with Crippen molar-refractivity contribution in [2.75, 3.05) is 13.1 Å². The third-order valence-electron chi connectivity index (χ3n) is 5.53. The van der Waals surface area contributed by atoms with Crippen LogP contribution in [0.2, 0.25) is 0 Å². The molecule has 0 spiro atoms. The van der Waals surface area contributed by atoms with Gasteiger partial charge >= 0.3 is 0 Å². The second kappa shape index (κ2) is 8.45. The minimum absolute atomic E-state index is 0.0212. The highest BCUT2D eigenvalue weighted by molar-refractivity contribution is 5.81. The Bertz CT molecular complexity index is 605. The fraction of sp³-hybridized carbons (Fsp3) is 0.600. The van der Waals surface area contributed by atoms with Crippen molar-refractivity contribution in [3.8, 4) is 0 Å². The highest BCUT2D eigenvalue weighted by Crippen LogP contribution is 2.31. The predicted molar refractivity (Wildman–Crippen MR) is 94.1 cm³/mol. The van der Waals surface area contributed by atoms with Gasteiger partial charge in [-0.1, -0.05) is 18.2 Å². The molecule has 0 unspecified atom stereocenters. The number of rotatable bonds is 4. The van der Waals surface area contributed by atoms with Crippen LogP contribution in [0.15, 0.2) is 24.3 Å². The Morgan fingerprint density at radius 1 is 1.00 bits per heavy atom. The van der Waals surface area contributed by atoms with Crippen molar-refractivity contribution in [2.24, 2.45) is 11.8 Å². The second-order valence-corrected chi connectivity index (χ2v) is 7.24. The lowest BCUT2D eigenvalue weighted by Crippen LogP contribution is -2.42. The average Bonchev–Trinajstić information content (AvgIpc) is 2.67. The van der Waals surface area contributed by atoms with Gasteiger partial charge in [-0.25, -0.2) is 4.39 Å². The van der Waals surface area contributed by atoms with Crippen LogP contribution in [0, 0.1) is 17.7 Å². The van der Waals surface area contributed by atoms with Crippen LogP contribution in [-0.4, -0.2) is 29.8 Å². The smallest absolute Gasteiger partial charge is 0.225 e. The predicted octanol–water partition coefficient (Wildman–Crippen LogP) is 3.26. The number of carbonyl (C=O) groups excluding carboxylic acids is 2. The van der Waals surface area contributed by atoms with Gasteiger partial charge in [-0.2, -0.15) is 0 Å². The third kappa shape index (κ3) is 4.59. The summed E-state index contributed by atoms with van der Waals surface area (Å²) < 4.78 is 13.6. The Labute approximate surface area is 148 Å². The first kappa shape index (κ1) is 17.9. The van der Waals surface area contributed by atoms with Crippen LogP contribution in [0.4, 0.5) is 4.39 Å². The van der Waals surface area contributed by atoms with Crippen molar-refractivity contribution >= 4 is 11.8 Å². The molecule has 1 aromatic carbocycles. The van der Waals surface area contributed by atoms with Crippen molar-refractivity contribution in [1.29, 1.82) is 0 Å². The van der Waals surface area contributed by atoms with Crippen LogP contribution < -0.4 is 5.32 Å². The van der Waals surface area contributed by atoms with E-state index in [0.717, 1.165) is 51.6 Å². The van der Waals surface area contributed by atoms with Crippen molar-refractivity contribution in [2.45, 2.75) is 51.5 Å². The van der Waals surface area contributed by atoms with Gasteiger partial charge in [0.2, 0.25) is 11.8 Å². The van der Waals surface area contributed by atoms with Crippen molar-refractivity contribution in [3.05, 3.63) is 35.6 Å². The maximum atomic E-state index is 13.6. The first-order chi connectivity index (χ1) is 12.1. The maximum absolute atomic E-state index is 13.6. The zero-order valence-electron chi connectivity index (χ0n) is 14.7. The molecule has 0 aromatic heterocycles. The zero-order chi connectivity index (χ0) is 17.6. The Morgan fingerprint density at radius 2 is 1.64 bits per heavy atom. The number of nitrogens with zero attached hydrogens (tertiary/aromatic N) is 1. The maximum Gasteiger partial charge on any atom is 0.225 e. The van der Waals surface area contributed by atoms with E-state index < -0.39 is 0 Å². The van der Waals surface area contributed by atoms with Gasteiger partial charge in [0.05, 0.1) is 0 Å². The monoisotopic (exact) mass is 346 g/mol. The van der Waals surface area contributed by atoms with E-state index in [-0.39, 0.29) is 36.0 Å². The first-order valence-electron chi connectivity index (χ1n) is 9.45. The van der Waals surface area contributed by atoms with Crippen molar-refractivity contribution < 1.29 is 14.0 Å². The Kier molecular flexibility index (Phi) is 6.05. The van der Waals surface area contributed by atoms with E-state index in [1.165, 1.54) is 12.5 Å². The van der Waals surface area contributed by atoms with E-state index in [9.17, 15) is 14.0 Å². The minimum atomic E-state index is -0.293. The minimum Gasteiger partial charge on any atom is -0.352 e. The number of carbonyl (C=O) groups is 2. The highest BCUT2D eigenvalue weighted by Gasteiger charge is 2.32. The Balaban J connectivity index is 1.44. The number of piperidine rings is 1. The molecule has 2 aliphatic rings. The molecule has 1 aromatic rings. The summed E-state index contributed by atoms with van der Waals surface area (Å²) in [5.41, 5.74) is 0.504. The van der Waals surface area contributed by atoms with Crippen LogP contribution in [-0.2, 0) is 16.1 Å². The average molecular weight is 346 g/mol. The molecule has 1 N–H and O–H groups in total. The van der Waals surface area contributed by atoms with Gasteiger partial charge in [-0.3, -0.25) is 9.59 Å². The topological polar surface area (TPSA) is 49.4 Å². The third-order valence-corrected chi connectivity index (χ3v) is 5.53. The van der Waals surface area contributed by atoms with Gasteiger partial charge < -0.3 is 10.2 Å². The van der Waals surface area contributed by atoms with E-state index in [0.29, 0.717) is 5.56 Å². The molecule has 4 nitrogen and oxygen atoms in total. The van der Waals surface area contributed by atoms with Gasteiger partial charge in [-0.05, 0) is 51.0 Å². The van der Waals surface area contributed by atoms with E-state index in [1.54, 1.807) is 18.2 Å². The molecule has 1 heterocycles. The van der Waals surface area contributed by atoms with E-state index in [4.69, 9.17) is 0 Å². The summed E-state index contributed by atoms with van der Waals surface area (Å²) in [4.78, 5) is 26.9. The fourth-order valence-electron chi connectivity index (χ4n) is 3.94. The Hall–Kier alpha value is -1.91. The molecule has 2 fully saturated rings. The molecule has 1 saturated carbocycles. The standard InChI is InChI=1S/C20H27FN2O2/c21-18-7-3-2-6-17(18)14-22-19(24)15-8-10-16(11-9-15)20(25)23-12-4-1-5-13-23/h2-3,6-7,15-16H,1,4-5,8-14H2,(H,22,24). The number of nitrogens with one attached hydrogen (secondary N) is 1. The van der Waals surface area contributed by atoms with Gasteiger partial charge in [0.15, 0.2) is 0 Å². The van der Waals surface area contributed by atoms with Crippen molar-refractivity contribution in [1.82, 2.24) is 10.2 Å². The van der Waals surface area contributed by atoms with Crippen LogP contribution in [0.25, 0.3) is 0 Å². The highest BCUT2D eigenvalue weighted by atomic mass is 19.1. The number of hydrogen-bond donors (Lipinski definition) is 1. The van der Waals surface area contributed by atoms with Gasteiger partial charge in [0.25, 0.3) is 0 Å². The van der Waals surface area contributed by atoms with Crippen LogP contribution in [0.5, 0.6) is 0 Å². The molecular weight excluding hydrogens is 319 g/mol. The quantitative estimate of drug-likeness (QED) is 0.910. The van der Waals surface area contributed by atoms with E-state index >= 15 is 0 Å². The molecule has 1 saturated heterocycles. The molecule has 5 heteroatoms. The van der Waals surface area contributed by atoms with Crippen LogP contribution in [0.3, 0.4) is 0 Å². The number of amides is 2. The summed E-state index contributed by atoms with van der Waals surface area (Å²) in [6, 6.07) is 6.49. The lowest BCUT2D eigenvalue weighted by atomic mass is 9.80. The number of likely N-dealkylation sites (tertiary alicyclic amines) is 1. The molecule has 136 valence electrons. The lowest BCUT2D eigenvalue weighted by Gasteiger charge is -2.33. The molecule has 25 heavy (non-hydrogen) atoms. The summed E-state index contributed by atoms with van der Waals surface area (Å²) in [6.07, 6.45) is 6.50. The summed E-state index contributed by atoms with van der Waals surface area (Å²) in [5, 5.41) is 2.84. The largest absolute Gasteiger partial charge is 0.352 e. The normalized spacial score (nSPS) is 24.0. The fourth-order valence-corrected chi connectivity index (χ4v) is 3.94. The molecule has 0 radical (unpaired) electrons. The van der Waals surface area contributed by atoms with E-state index in [2.05, 4.69) is 5.32 Å². The molecule has 1 aliphatic heterocycles. The second-order valence-electron chi connectivity index (χ2n) is 7.24. The van der Waals surface area contributed by atoms with Crippen LogP contribution in [0.1, 0.15) is 50.5 Å². The summed E-state index contributed by atoms with van der Waals surface area (Å²) in [5.74, 6) is -0.0124. The molecule has 0 bridgehead atoms. The number of benzene rings is 1.